The summed E-state index contributed by atoms with van der Waals surface area (Å²) in [6, 6.07) is 8.86. The van der Waals surface area contributed by atoms with Crippen LogP contribution in [0.3, 0.4) is 0 Å². The summed E-state index contributed by atoms with van der Waals surface area (Å²) < 4.78 is 16.6. The third kappa shape index (κ3) is 6.76. The highest BCUT2D eigenvalue weighted by Crippen LogP contribution is 2.29. The minimum absolute atomic E-state index is 0.153. The van der Waals surface area contributed by atoms with Gasteiger partial charge in [-0.3, -0.25) is 4.79 Å². The monoisotopic (exact) mass is 432 g/mol. The van der Waals surface area contributed by atoms with Crippen LogP contribution in [0.25, 0.3) is 0 Å². The molecular formula is C24H36N2O5. The van der Waals surface area contributed by atoms with Gasteiger partial charge in [0.15, 0.2) is 0 Å². The predicted octanol–water partition coefficient (Wildman–Crippen LogP) is 2.66. The molecular weight excluding hydrogens is 396 g/mol. The van der Waals surface area contributed by atoms with Gasteiger partial charge in [0, 0.05) is 26.2 Å². The molecule has 2 fully saturated rings. The number of ether oxygens (including phenoxy) is 3. The van der Waals surface area contributed by atoms with E-state index in [0.717, 1.165) is 37.7 Å². The Labute approximate surface area is 185 Å². The predicted molar refractivity (Wildman–Crippen MR) is 117 cm³/mol. The zero-order valence-corrected chi connectivity index (χ0v) is 18.5. The van der Waals surface area contributed by atoms with Crippen LogP contribution in [0.15, 0.2) is 30.3 Å². The Morgan fingerprint density at radius 3 is 2.58 bits per heavy atom. The Morgan fingerprint density at radius 1 is 1.13 bits per heavy atom. The molecule has 0 spiro atoms. The lowest BCUT2D eigenvalue weighted by atomic mass is 9.83. The number of methoxy groups -OCH3 is 1. The van der Waals surface area contributed by atoms with Crippen LogP contribution in [0.2, 0.25) is 0 Å². The Bertz CT molecular complexity index is 692. The topological polar surface area (TPSA) is 91.1 Å². The molecule has 0 aromatic heterocycles. The minimum Gasteiger partial charge on any atom is -0.467 e. The van der Waals surface area contributed by atoms with Gasteiger partial charge in [0.2, 0.25) is 5.91 Å². The number of esters is 1. The number of likely N-dealkylation sites (tertiary alicyclic amines) is 1. The second-order valence-corrected chi connectivity index (χ2v) is 8.57. The number of nitrogens with two attached hydrogens (primary N) is 1. The average Bonchev–Trinajstić information content (AvgIpc) is 3.25. The van der Waals surface area contributed by atoms with Crippen molar-refractivity contribution in [3.05, 3.63) is 35.9 Å². The van der Waals surface area contributed by atoms with Crippen molar-refractivity contribution in [2.45, 2.75) is 69.7 Å². The van der Waals surface area contributed by atoms with Gasteiger partial charge in [-0.1, -0.05) is 49.6 Å². The van der Waals surface area contributed by atoms with Crippen LogP contribution in [0.5, 0.6) is 0 Å². The van der Waals surface area contributed by atoms with Crippen molar-refractivity contribution < 1.29 is 23.8 Å². The van der Waals surface area contributed by atoms with Gasteiger partial charge in [0.1, 0.15) is 6.04 Å². The SMILES string of the molecule is COC(=O)C1CC(OCCCOCc2ccccc2)CN1C(=O)C(N)C1CCCCC1. The zero-order valence-electron chi connectivity index (χ0n) is 18.5. The lowest BCUT2D eigenvalue weighted by Gasteiger charge is -2.31. The van der Waals surface area contributed by atoms with Crippen molar-refractivity contribution in [1.29, 1.82) is 0 Å². The summed E-state index contributed by atoms with van der Waals surface area (Å²) in [4.78, 5) is 27.0. The summed E-state index contributed by atoms with van der Waals surface area (Å²) in [5, 5.41) is 0. The Hall–Kier alpha value is -1.96. The minimum atomic E-state index is -0.619. The van der Waals surface area contributed by atoms with Crippen molar-refractivity contribution in [1.82, 2.24) is 4.90 Å². The third-order valence-corrected chi connectivity index (χ3v) is 6.36. The van der Waals surface area contributed by atoms with Gasteiger partial charge in [-0.15, -0.1) is 0 Å². The van der Waals surface area contributed by atoms with E-state index in [9.17, 15) is 9.59 Å². The molecule has 7 heteroatoms. The second-order valence-electron chi connectivity index (χ2n) is 8.57. The summed E-state index contributed by atoms with van der Waals surface area (Å²) in [6.07, 6.45) is 6.40. The molecule has 1 aromatic carbocycles. The van der Waals surface area contributed by atoms with Crippen molar-refractivity contribution in [2.24, 2.45) is 11.7 Å². The van der Waals surface area contributed by atoms with Crippen molar-refractivity contribution in [3.63, 3.8) is 0 Å². The van der Waals surface area contributed by atoms with Gasteiger partial charge >= 0.3 is 5.97 Å². The fraction of sp³-hybridized carbons (Fsp3) is 0.667. The van der Waals surface area contributed by atoms with Crippen molar-refractivity contribution >= 4 is 11.9 Å². The average molecular weight is 433 g/mol. The molecule has 3 rings (SSSR count). The van der Waals surface area contributed by atoms with Crippen molar-refractivity contribution in [3.8, 4) is 0 Å². The fourth-order valence-corrected chi connectivity index (χ4v) is 4.58. The Kier molecular flexibility index (Phi) is 9.31. The number of rotatable bonds is 10. The molecule has 1 saturated carbocycles. The molecule has 3 atom stereocenters. The molecule has 1 aromatic rings. The first kappa shape index (κ1) is 23.7. The maximum atomic E-state index is 13.1. The number of hydrogen-bond acceptors (Lipinski definition) is 6. The van der Waals surface area contributed by atoms with Crippen LogP contribution >= 0.6 is 0 Å². The van der Waals surface area contributed by atoms with E-state index in [4.69, 9.17) is 19.9 Å². The first-order valence-electron chi connectivity index (χ1n) is 11.5. The van der Waals surface area contributed by atoms with E-state index in [1.54, 1.807) is 4.90 Å². The smallest absolute Gasteiger partial charge is 0.328 e. The van der Waals surface area contributed by atoms with Crippen LogP contribution in [0.4, 0.5) is 0 Å². The van der Waals surface area contributed by atoms with E-state index in [1.807, 2.05) is 30.3 Å². The molecule has 7 nitrogen and oxygen atoms in total. The summed E-state index contributed by atoms with van der Waals surface area (Å²) >= 11 is 0. The zero-order chi connectivity index (χ0) is 22.1. The lowest BCUT2D eigenvalue weighted by molar-refractivity contribution is -0.151. The number of nitrogens with zero attached hydrogens (tertiary/aromatic N) is 1. The van der Waals surface area contributed by atoms with Gasteiger partial charge in [0.05, 0.1) is 25.9 Å². The van der Waals surface area contributed by atoms with Crippen molar-refractivity contribution in [2.75, 3.05) is 26.9 Å². The van der Waals surface area contributed by atoms with E-state index in [-0.39, 0.29) is 17.9 Å². The number of benzene rings is 1. The number of carbonyl (C=O) groups excluding carboxylic acids is 2. The van der Waals surface area contributed by atoms with Gasteiger partial charge in [-0.05, 0) is 30.7 Å². The van der Waals surface area contributed by atoms with E-state index < -0.39 is 18.1 Å². The number of hydrogen-bond donors (Lipinski definition) is 1. The van der Waals surface area contributed by atoms with Crippen LogP contribution < -0.4 is 5.73 Å². The maximum Gasteiger partial charge on any atom is 0.328 e. The van der Waals surface area contributed by atoms with Gasteiger partial charge in [-0.2, -0.15) is 0 Å². The molecule has 172 valence electrons. The summed E-state index contributed by atoms with van der Waals surface area (Å²) in [5.41, 5.74) is 7.47. The third-order valence-electron chi connectivity index (χ3n) is 6.36. The first-order chi connectivity index (χ1) is 15.1. The van der Waals surface area contributed by atoms with E-state index in [1.165, 1.54) is 13.5 Å². The van der Waals surface area contributed by atoms with Crippen LogP contribution in [0, 0.1) is 5.92 Å². The molecule has 1 saturated heterocycles. The molecule has 0 bridgehead atoms. The van der Waals surface area contributed by atoms with Crippen LogP contribution in [-0.4, -0.2) is 61.8 Å². The fourth-order valence-electron chi connectivity index (χ4n) is 4.58. The molecule has 1 amide bonds. The summed E-state index contributed by atoms with van der Waals surface area (Å²) in [5.74, 6) is -0.359. The molecule has 2 N–H and O–H groups in total. The van der Waals surface area contributed by atoms with Gasteiger partial charge < -0.3 is 24.8 Å². The number of carbonyl (C=O) groups is 2. The van der Waals surface area contributed by atoms with Gasteiger partial charge in [-0.25, -0.2) is 4.79 Å². The highest BCUT2D eigenvalue weighted by molar-refractivity contribution is 5.88. The number of amides is 1. The van der Waals surface area contributed by atoms with E-state index in [0.29, 0.717) is 32.8 Å². The Morgan fingerprint density at radius 2 is 1.87 bits per heavy atom. The maximum absolute atomic E-state index is 13.1. The highest BCUT2D eigenvalue weighted by Gasteiger charge is 2.43. The normalized spacial score (nSPS) is 23.0. The second kappa shape index (κ2) is 12.2. The highest BCUT2D eigenvalue weighted by atomic mass is 16.5. The molecule has 0 radical (unpaired) electrons. The molecule has 3 unspecified atom stereocenters. The quantitative estimate of drug-likeness (QED) is 0.452. The van der Waals surface area contributed by atoms with E-state index in [2.05, 4.69) is 0 Å². The molecule has 31 heavy (non-hydrogen) atoms. The molecule has 2 aliphatic rings. The van der Waals surface area contributed by atoms with Crippen LogP contribution in [0.1, 0.15) is 50.5 Å². The molecule has 1 aliphatic heterocycles. The van der Waals surface area contributed by atoms with Gasteiger partial charge in [0.25, 0.3) is 0 Å². The largest absolute Gasteiger partial charge is 0.467 e. The molecule has 1 heterocycles. The van der Waals surface area contributed by atoms with Crippen LogP contribution in [-0.2, 0) is 30.4 Å². The summed E-state index contributed by atoms with van der Waals surface area (Å²) in [7, 11) is 1.35. The standard InChI is InChI=1S/C24H36N2O5/c1-29-24(28)21-15-20(31-14-8-13-30-17-18-9-4-2-5-10-18)16-26(21)23(27)22(25)19-11-6-3-7-12-19/h2,4-5,9-10,19-22H,3,6-8,11-17,25H2,1H3. The lowest BCUT2D eigenvalue weighted by Crippen LogP contribution is -2.52. The first-order valence-corrected chi connectivity index (χ1v) is 11.5. The summed E-state index contributed by atoms with van der Waals surface area (Å²) in [6.45, 7) is 2.07. The Balaban J connectivity index is 1.44. The van der Waals surface area contributed by atoms with E-state index >= 15 is 0 Å². The molecule has 1 aliphatic carbocycles.